The van der Waals surface area contributed by atoms with Crippen LogP contribution in [-0.2, 0) is 13.1 Å². The normalized spacial score (nSPS) is 12.5. The van der Waals surface area contributed by atoms with Crippen LogP contribution >= 0.6 is 0 Å². The van der Waals surface area contributed by atoms with Gasteiger partial charge in [0.05, 0.1) is 24.9 Å². The number of aliphatic imine (C=N–C) groups is 1. The first kappa shape index (κ1) is 16.5. The fourth-order valence-electron chi connectivity index (χ4n) is 3.52. The molecule has 136 valence electrons. The molecule has 5 rings (SSSR count). The van der Waals surface area contributed by atoms with Gasteiger partial charge in [-0.1, -0.05) is 30.3 Å². The van der Waals surface area contributed by atoms with Crippen molar-refractivity contribution in [2.45, 2.75) is 13.1 Å². The number of benzene rings is 2. The minimum Gasteiger partial charge on any atom is -0.293 e. The zero-order valence-electron chi connectivity index (χ0n) is 14.8. The standard InChI is InChI=1S/C22H15FN4O/c23-19-9-14(17-4-1-3-15-10-24-11-18(15)17)6-7-16(19)12-27-13-26-20-5-2-8-25-21(20)22(27)28/h1-9,11,13H,10,12H2. The summed E-state index contributed by atoms with van der Waals surface area (Å²) in [4.78, 5) is 25.2. The average molecular weight is 370 g/mol. The zero-order valence-corrected chi connectivity index (χ0v) is 14.8. The summed E-state index contributed by atoms with van der Waals surface area (Å²) in [5.74, 6) is -0.363. The van der Waals surface area contributed by atoms with Crippen LogP contribution in [0.15, 0.2) is 70.8 Å². The van der Waals surface area contributed by atoms with Gasteiger partial charge in [0.25, 0.3) is 5.56 Å². The number of nitrogens with zero attached hydrogens (tertiary/aromatic N) is 4. The third-order valence-electron chi connectivity index (χ3n) is 4.97. The Morgan fingerprint density at radius 3 is 2.89 bits per heavy atom. The predicted molar refractivity (Wildman–Crippen MR) is 106 cm³/mol. The number of hydrogen-bond acceptors (Lipinski definition) is 4. The van der Waals surface area contributed by atoms with E-state index in [4.69, 9.17) is 0 Å². The molecule has 0 amide bonds. The Morgan fingerprint density at radius 1 is 1.07 bits per heavy atom. The second kappa shape index (κ2) is 6.49. The lowest BCUT2D eigenvalue weighted by molar-refractivity contribution is 0.595. The van der Waals surface area contributed by atoms with Crippen LogP contribution in [0.5, 0.6) is 0 Å². The molecule has 4 aromatic rings. The maximum Gasteiger partial charge on any atom is 0.280 e. The fourth-order valence-corrected chi connectivity index (χ4v) is 3.52. The van der Waals surface area contributed by atoms with Crippen LogP contribution < -0.4 is 5.56 Å². The minimum atomic E-state index is -0.363. The van der Waals surface area contributed by atoms with Crippen LogP contribution in [0.1, 0.15) is 16.7 Å². The number of aromatic nitrogens is 3. The van der Waals surface area contributed by atoms with Gasteiger partial charge < -0.3 is 0 Å². The van der Waals surface area contributed by atoms with Crippen molar-refractivity contribution in [2.24, 2.45) is 4.99 Å². The fraction of sp³-hybridized carbons (Fsp3) is 0.0909. The zero-order chi connectivity index (χ0) is 19.1. The molecule has 1 aliphatic heterocycles. The van der Waals surface area contributed by atoms with Gasteiger partial charge in [-0.2, -0.15) is 0 Å². The molecule has 2 aromatic carbocycles. The quantitative estimate of drug-likeness (QED) is 0.554. The number of pyridine rings is 1. The van der Waals surface area contributed by atoms with Gasteiger partial charge in [-0.3, -0.25) is 14.4 Å². The van der Waals surface area contributed by atoms with Crippen molar-refractivity contribution < 1.29 is 4.39 Å². The van der Waals surface area contributed by atoms with E-state index < -0.39 is 0 Å². The van der Waals surface area contributed by atoms with E-state index in [1.807, 2.05) is 30.5 Å². The third kappa shape index (κ3) is 2.70. The van der Waals surface area contributed by atoms with Crippen LogP contribution in [0.25, 0.3) is 22.2 Å². The summed E-state index contributed by atoms with van der Waals surface area (Å²) < 4.78 is 16.2. The summed E-state index contributed by atoms with van der Waals surface area (Å²) in [6.07, 6.45) is 4.82. The molecular weight excluding hydrogens is 355 g/mol. The lowest BCUT2D eigenvalue weighted by Crippen LogP contribution is -2.22. The van der Waals surface area contributed by atoms with E-state index in [2.05, 4.69) is 15.0 Å². The molecule has 0 saturated carbocycles. The van der Waals surface area contributed by atoms with Crippen molar-refractivity contribution in [3.8, 4) is 11.1 Å². The minimum absolute atomic E-state index is 0.0960. The molecule has 28 heavy (non-hydrogen) atoms. The van der Waals surface area contributed by atoms with Crippen LogP contribution in [0.3, 0.4) is 0 Å². The molecular formula is C22H15FN4O. The van der Waals surface area contributed by atoms with Gasteiger partial charge in [0.15, 0.2) is 5.52 Å². The molecule has 0 fully saturated rings. The number of hydrogen-bond donors (Lipinski definition) is 0. The number of halogens is 1. The maximum absolute atomic E-state index is 14.8. The van der Waals surface area contributed by atoms with E-state index in [1.54, 1.807) is 24.4 Å². The molecule has 1 aliphatic rings. The summed E-state index contributed by atoms with van der Waals surface area (Å²) >= 11 is 0. The summed E-state index contributed by atoms with van der Waals surface area (Å²) in [6, 6.07) is 14.5. The maximum atomic E-state index is 14.8. The Hall–Kier alpha value is -3.67. The molecule has 2 aromatic heterocycles. The van der Waals surface area contributed by atoms with Crippen molar-refractivity contribution in [1.82, 2.24) is 14.5 Å². The first-order valence-electron chi connectivity index (χ1n) is 8.91. The third-order valence-corrected chi connectivity index (χ3v) is 4.97. The Morgan fingerprint density at radius 2 is 2.00 bits per heavy atom. The summed E-state index contributed by atoms with van der Waals surface area (Å²) in [6.45, 7) is 0.758. The average Bonchev–Trinajstić information content (AvgIpc) is 3.20. The van der Waals surface area contributed by atoms with Gasteiger partial charge in [0, 0.05) is 23.5 Å². The molecule has 0 spiro atoms. The van der Waals surface area contributed by atoms with Crippen LogP contribution in [0.2, 0.25) is 0 Å². The first-order valence-corrected chi connectivity index (χ1v) is 8.91. The number of rotatable bonds is 3. The SMILES string of the molecule is O=c1c2ncccc2ncn1Cc1ccc(-c2cccc3c2C=NC3)cc1F. The van der Waals surface area contributed by atoms with E-state index in [0.29, 0.717) is 17.6 Å². The summed E-state index contributed by atoms with van der Waals surface area (Å²) in [5, 5.41) is 0. The van der Waals surface area contributed by atoms with Crippen LogP contribution in [-0.4, -0.2) is 20.7 Å². The highest BCUT2D eigenvalue weighted by molar-refractivity contribution is 5.94. The second-order valence-corrected chi connectivity index (χ2v) is 6.70. The molecule has 0 atom stereocenters. The Bertz CT molecular complexity index is 1310. The predicted octanol–water partition coefficient (Wildman–Crippen LogP) is 3.58. The Labute approximate surface area is 159 Å². The van der Waals surface area contributed by atoms with Crippen LogP contribution in [0, 0.1) is 5.82 Å². The van der Waals surface area contributed by atoms with Gasteiger partial charge in [-0.05, 0) is 34.9 Å². The van der Waals surface area contributed by atoms with E-state index in [9.17, 15) is 9.18 Å². The second-order valence-electron chi connectivity index (χ2n) is 6.70. The van der Waals surface area contributed by atoms with E-state index in [0.717, 1.165) is 22.3 Å². The van der Waals surface area contributed by atoms with E-state index >= 15 is 0 Å². The van der Waals surface area contributed by atoms with Gasteiger partial charge in [-0.15, -0.1) is 0 Å². The Kier molecular flexibility index (Phi) is 3.83. The Balaban J connectivity index is 1.52. The monoisotopic (exact) mass is 370 g/mol. The van der Waals surface area contributed by atoms with Gasteiger partial charge in [0.2, 0.25) is 0 Å². The molecule has 0 bridgehead atoms. The summed E-state index contributed by atoms with van der Waals surface area (Å²) in [5.41, 5.74) is 4.87. The molecule has 3 heterocycles. The molecule has 5 nitrogen and oxygen atoms in total. The highest BCUT2D eigenvalue weighted by Gasteiger charge is 2.14. The van der Waals surface area contributed by atoms with Gasteiger partial charge >= 0.3 is 0 Å². The summed E-state index contributed by atoms with van der Waals surface area (Å²) in [7, 11) is 0. The van der Waals surface area contributed by atoms with Crippen LogP contribution in [0.4, 0.5) is 4.39 Å². The van der Waals surface area contributed by atoms with Crippen molar-refractivity contribution >= 4 is 17.2 Å². The highest BCUT2D eigenvalue weighted by atomic mass is 19.1. The lowest BCUT2D eigenvalue weighted by Gasteiger charge is -2.11. The molecule has 0 saturated heterocycles. The smallest absolute Gasteiger partial charge is 0.280 e. The van der Waals surface area contributed by atoms with Crippen molar-refractivity contribution in [3.63, 3.8) is 0 Å². The van der Waals surface area contributed by atoms with E-state index in [-0.39, 0.29) is 23.4 Å². The van der Waals surface area contributed by atoms with Crippen molar-refractivity contribution in [1.29, 1.82) is 0 Å². The van der Waals surface area contributed by atoms with Gasteiger partial charge in [-0.25, -0.2) is 14.4 Å². The molecule has 0 unspecified atom stereocenters. The molecule has 6 heteroatoms. The van der Waals surface area contributed by atoms with Crippen molar-refractivity contribution in [2.75, 3.05) is 0 Å². The molecule has 0 radical (unpaired) electrons. The first-order chi connectivity index (χ1) is 13.7. The number of fused-ring (bicyclic) bond motifs is 2. The lowest BCUT2D eigenvalue weighted by atomic mass is 9.96. The largest absolute Gasteiger partial charge is 0.293 e. The van der Waals surface area contributed by atoms with Gasteiger partial charge in [0.1, 0.15) is 5.82 Å². The van der Waals surface area contributed by atoms with E-state index in [1.165, 1.54) is 17.0 Å². The van der Waals surface area contributed by atoms with Crippen molar-refractivity contribution in [3.05, 3.63) is 93.9 Å². The topological polar surface area (TPSA) is 60.1 Å². The molecule has 0 N–H and O–H groups in total. The molecule has 0 aliphatic carbocycles. The highest BCUT2D eigenvalue weighted by Crippen LogP contribution is 2.29.